The second kappa shape index (κ2) is 6.29. The van der Waals surface area contributed by atoms with Gasteiger partial charge in [-0.25, -0.2) is 0 Å². The fourth-order valence-electron chi connectivity index (χ4n) is 2.58. The van der Waals surface area contributed by atoms with Gasteiger partial charge in [0.1, 0.15) is 0 Å². The van der Waals surface area contributed by atoms with E-state index in [0.29, 0.717) is 11.5 Å². The Labute approximate surface area is 116 Å². The lowest BCUT2D eigenvalue weighted by molar-refractivity contribution is 0.290. The molecule has 1 atom stereocenters. The molecule has 2 saturated heterocycles. The quantitative estimate of drug-likeness (QED) is 0.853. The molecule has 104 valence electrons. The summed E-state index contributed by atoms with van der Waals surface area (Å²) >= 11 is 1.89. The summed E-state index contributed by atoms with van der Waals surface area (Å²) in [6, 6.07) is 0.573. The van der Waals surface area contributed by atoms with Crippen LogP contribution in [0.25, 0.3) is 0 Å². The zero-order valence-electron chi connectivity index (χ0n) is 12.0. The van der Waals surface area contributed by atoms with Crippen molar-refractivity contribution in [3.05, 3.63) is 0 Å². The fraction of sp³-hybridized carbons (Fsp3) is 0.929. The van der Waals surface area contributed by atoms with Crippen LogP contribution in [0, 0.1) is 5.41 Å². The number of aliphatic imine (C=N–C) groups is 1. The molecule has 18 heavy (non-hydrogen) atoms. The van der Waals surface area contributed by atoms with Gasteiger partial charge in [-0.15, -0.1) is 0 Å². The average molecular weight is 269 g/mol. The van der Waals surface area contributed by atoms with E-state index in [0.717, 1.165) is 13.1 Å². The van der Waals surface area contributed by atoms with Crippen molar-refractivity contribution in [3.8, 4) is 0 Å². The average Bonchev–Trinajstić information content (AvgIpc) is 2.81. The van der Waals surface area contributed by atoms with E-state index in [4.69, 9.17) is 4.99 Å². The SMILES string of the molecule is CC(C)(C)C1CCSC(=NCCN2CCCC2)N1. The Morgan fingerprint density at radius 1 is 1.33 bits per heavy atom. The standard InChI is InChI=1S/C14H27N3S/c1-14(2,3)12-6-11-18-13(16-12)15-7-10-17-8-4-5-9-17/h12H,4-11H2,1-3H3,(H,15,16). The highest BCUT2D eigenvalue weighted by molar-refractivity contribution is 8.13. The first-order valence-corrected chi connectivity index (χ1v) is 8.20. The summed E-state index contributed by atoms with van der Waals surface area (Å²) in [6.07, 6.45) is 3.99. The summed E-state index contributed by atoms with van der Waals surface area (Å²) in [5.41, 5.74) is 0.330. The largest absolute Gasteiger partial charge is 0.362 e. The van der Waals surface area contributed by atoms with E-state index in [2.05, 4.69) is 31.0 Å². The Balaban J connectivity index is 1.77. The Kier molecular flexibility index (Phi) is 4.96. The molecule has 2 aliphatic heterocycles. The summed E-state index contributed by atoms with van der Waals surface area (Å²) < 4.78 is 0. The second-order valence-corrected chi connectivity index (χ2v) is 7.52. The highest BCUT2D eigenvalue weighted by Gasteiger charge is 2.28. The van der Waals surface area contributed by atoms with Crippen LogP contribution in [0.5, 0.6) is 0 Å². The molecular formula is C14H27N3S. The maximum atomic E-state index is 4.74. The molecular weight excluding hydrogens is 242 g/mol. The van der Waals surface area contributed by atoms with Gasteiger partial charge in [-0.05, 0) is 37.8 Å². The molecule has 0 aromatic carbocycles. The van der Waals surface area contributed by atoms with Crippen molar-refractivity contribution < 1.29 is 0 Å². The van der Waals surface area contributed by atoms with Gasteiger partial charge in [0.15, 0.2) is 5.17 Å². The minimum absolute atomic E-state index is 0.330. The minimum Gasteiger partial charge on any atom is -0.362 e. The van der Waals surface area contributed by atoms with Crippen LogP contribution in [-0.2, 0) is 0 Å². The molecule has 0 spiro atoms. The number of nitrogens with one attached hydrogen (secondary N) is 1. The Hall–Kier alpha value is -0.220. The van der Waals surface area contributed by atoms with Crippen LogP contribution in [0.4, 0.5) is 0 Å². The summed E-state index contributed by atoms with van der Waals surface area (Å²) in [7, 11) is 0. The molecule has 4 heteroatoms. The van der Waals surface area contributed by atoms with Crippen LogP contribution in [0.2, 0.25) is 0 Å². The van der Waals surface area contributed by atoms with Crippen molar-refractivity contribution in [2.24, 2.45) is 10.4 Å². The molecule has 0 radical (unpaired) electrons. The van der Waals surface area contributed by atoms with E-state index in [1.54, 1.807) is 0 Å². The van der Waals surface area contributed by atoms with Gasteiger partial charge < -0.3 is 10.2 Å². The molecule has 0 amide bonds. The van der Waals surface area contributed by atoms with E-state index < -0.39 is 0 Å². The first-order valence-electron chi connectivity index (χ1n) is 7.22. The Morgan fingerprint density at radius 3 is 2.72 bits per heavy atom. The van der Waals surface area contributed by atoms with Gasteiger partial charge in [-0.3, -0.25) is 4.99 Å². The van der Waals surface area contributed by atoms with E-state index in [1.165, 1.54) is 43.3 Å². The van der Waals surface area contributed by atoms with Crippen LogP contribution in [0.15, 0.2) is 4.99 Å². The molecule has 0 saturated carbocycles. The molecule has 1 unspecified atom stereocenters. The maximum Gasteiger partial charge on any atom is 0.156 e. The van der Waals surface area contributed by atoms with Gasteiger partial charge in [0.25, 0.3) is 0 Å². The first-order chi connectivity index (χ1) is 8.55. The number of hydrogen-bond donors (Lipinski definition) is 1. The number of rotatable bonds is 3. The third-order valence-electron chi connectivity index (χ3n) is 3.86. The van der Waals surface area contributed by atoms with E-state index >= 15 is 0 Å². The Bertz CT molecular complexity index is 290. The zero-order chi connectivity index (χ0) is 13.0. The highest BCUT2D eigenvalue weighted by Crippen LogP contribution is 2.27. The third kappa shape index (κ3) is 4.16. The van der Waals surface area contributed by atoms with Crippen LogP contribution in [0.3, 0.4) is 0 Å². The van der Waals surface area contributed by atoms with Gasteiger partial charge >= 0.3 is 0 Å². The van der Waals surface area contributed by atoms with Gasteiger partial charge in [0.2, 0.25) is 0 Å². The molecule has 0 aliphatic carbocycles. The van der Waals surface area contributed by atoms with Crippen molar-refractivity contribution in [1.29, 1.82) is 0 Å². The van der Waals surface area contributed by atoms with E-state index in [-0.39, 0.29) is 0 Å². The predicted molar refractivity (Wildman–Crippen MR) is 81.4 cm³/mol. The van der Waals surface area contributed by atoms with Crippen molar-refractivity contribution in [3.63, 3.8) is 0 Å². The van der Waals surface area contributed by atoms with Crippen LogP contribution in [-0.4, -0.2) is 48.0 Å². The van der Waals surface area contributed by atoms with Gasteiger partial charge in [-0.1, -0.05) is 32.5 Å². The lowest BCUT2D eigenvalue weighted by Gasteiger charge is -2.35. The zero-order valence-corrected chi connectivity index (χ0v) is 12.9. The van der Waals surface area contributed by atoms with E-state index in [9.17, 15) is 0 Å². The van der Waals surface area contributed by atoms with Crippen molar-refractivity contribution in [2.45, 2.75) is 46.1 Å². The van der Waals surface area contributed by atoms with E-state index in [1.807, 2.05) is 11.8 Å². The molecule has 2 rings (SSSR count). The number of amidine groups is 1. The number of nitrogens with zero attached hydrogens (tertiary/aromatic N) is 2. The molecule has 2 fully saturated rings. The van der Waals surface area contributed by atoms with Crippen molar-refractivity contribution in [2.75, 3.05) is 31.9 Å². The molecule has 0 bridgehead atoms. The second-order valence-electron chi connectivity index (χ2n) is 6.44. The topological polar surface area (TPSA) is 27.6 Å². The molecule has 2 aliphatic rings. The number of thioether (sulfide) groups is 1. The molecule has 0 aromatic heterocycles. The van der Waals surface area contributed by atoms with Crippen LogP contribution >= 0.6 is 11.8 Å². The lowest BCUT2D eigenvalue weighted by atomic mass is 9.85. The lowest BCUT2D eigenvalue weighted by Crippen LogP contribution is -2.46. The molecule has 0 aromatic rings. The molecule has 3 nitrogen and oxygen atoms in total. The summed E-state index contributed by atoms with van der Waals surface area (Å²) in [4.78, 5) is 7.26. The summed E-state index contributed by atoms with van der Waals surface area (Å²) in [6.45, 7) is 11.6. The first kappa shape index (κ1) is 14.2. The molecule has 2 heterocycles. The summed E-state index contributed by atoms with van der Waals surface area (Å²) in [5, 5.41) is 4.78. The van der Waals surface area contributed by atoms with Crippen LogP contribution < -0.4 is 5.32 Å². The monoisotopic (exact) mass is 269 g/mol. The van der Waals surface area contributed by atoms with Crippen molar-refractivity contribution >= 4 is 16.9 Å². The minimum atomic E-state index is 0.330. The Morgan fingerprint density at radius 2 is 2.06 bits per heavy atom. The fourth-order valence-corrected chi connectivity index (χ4v) is 3.53. The third-order valence-corrected chi connectivity index (χ3v) is 4.82. The van der Waals surface area contributed by atoms with Crippen molar-refractivity contribution in [1.82, 2.24) is 10.2 Å². The normalized spacial score (nSPS) is 28.6. The number of hydrogen-bond acceptors (Lipinski definition) is 3. The number of likely N-dealkylation sites (tertiary alicyclic amines) is 1. The van der Waals surface area contributed by atoms with Gasteiger partial charge in [-0.2, -0.15) is 0 Å². The summed E-state index contributed by atoms with van der Waals surface area (Å²) in [5.74, 6) is 1.21. The van der Waals surface area contributed by atoms with Gasteiger partial charge in [0.05, 0.1) is 6.54 Å². The molecule has 1 N–H and O–H groups in total. The van der Waals surface area contributed by atoms with Gasteiger partial charge in [0, 0.05) is 18.3 Å². The highest BCUT2D eigenvalue weighted by atomic mass is 32.2. The smallest absolute Gasteiger partial charge is 0.156 e. The maximum absolute atomic E-state index is 4.74. The van der Waals surface area contributed by atoms with Crippen LogP contribution in [0.1, 0.15) is 40.0 Å². The predicted octanol–water partition coefficient (Wildman–Crippen LogP) is 2.58.